The van der Waals surface area contributed by atoms with Crippen LogP contribution in [-0.4, -0.2) is 9.36 Å². The van der Waals surface area contributed by atoms with Crippen LogP contribution in [0, 0.1) is 0 Å². The molecule has 2 N–H and O–H groups in total. The van der Waals surface area contributed by atoms with Crippen LogP contribution in [0.1, 0.15) is 50.9 Å². The average molecular weight is 199 g/mol. The Bertz CT molecular complexity index is 278. The summed E-state index contributed by atoms with van der Waals surface area (Å²) in [7, 11) is 0. The van der Waals surface area contributed by atoms with Crippen LogP contribution in [0.5, 0.6) is 0 Å². The van der Waals surface area contributed by atoms with E-state index in [1.165, 1.54) is 11.5 Å². The average Bonchev–Trinajstić information content (AvgIpc) is 2.52. The molecule has 0 aliphatic heterocycles. The number of nitrogens with two attached hydrogens (primary N) is 1. The molecule has 1 aromatic heterocycles. The van der Waals surface area contributed by atoms with Gasteiger partial charge in [-0.1, -0.05) is 20.8 Å². The van der Waals surface area contributed by atoms with Crippen molar-refractivity contribution < 1.29 is 0 Å². The molecule has 1 heterocycles. The molecule has 0 bridgehead atoms. The zero-order chi connectivity index (χ0) is 10.1. The van der Waals surface area contributed by atoms with Crippen LogP contribution in [0.25, 0.3) is 0 Å². The summed E-state index contributed by atoms with van der Waals surface area (Å²) in [5.41, 5.74) is 5.74. The number of hydrogen-bond acceptors (Lipinski definition) is 4. The first kappa shape index (κ1) is 10.6. The van der Waals surface area contributed by atoms with E-state index in [1.54, 1.807) is 0 Å². The van der Waals surface area contributed by atoms with Crippen molar-refractivity contribution in [2.75, 3.05) is 0 Å². The van der Waals surface area contributed by atoms with Gasteiger partial charge in [0.2, 0.25) is 0 Å². The van der Waals surface area contributed by atoms with Gasteiger partial charge >= 0.3 is 0 Å². The lowest BCUT2D eigenvalue weighted by Crippen LogP contribution is -2.31. The van der Waals surface area contributed by atoms with E-state index in [2.05, 4.69) is 30.1 Å². The highest BCUT2D eigenvalue weighted by molar-refractivity contribution is 7.05. The Labute approximate surface area is 83.5 Å². The molecule has 1 aromatic rings. The second-order valence-corrected chi connectivity index (χ2v) is 4.64. The minimum absolute atomic E-state index is 0.315. The van der Waals surface area contributed by atoms with E-state index in [0.29, 0.717) is 5.92 Å². The van der Waals surface area contributed by atoms with Crippen LogP contribution in [0.15, 0.2) is 0 Å². The van der Waals surface area contributed by atoms with Crippen LogP contribution < -0.4 is 5.73 Å². The Morgan fingerprint density at radius 3 is 2.54 bits per heavy atom. The molecule has 0 saturated heterocycles. The van der Waals surface area contributed by atoms with Gasteiger partial charge in [0.15, 0.2) is 0 Å². The molecule has 0 radical (unpaired) electrons. The normalized spacial score (nSPS) is 16.2. The third-order valence-corrected chi connectivity index (χ3v) is 3.19. The molecular weight excluding hydrogens is 182 g/mol. The van der Waals surface area contributed by atoms with Gasteiger partial charge < -0.3 is 5.73 Å². The molecule has 0 spiro atoms. The largest absolute Gasteiger partial charge is 0.320 e. The number of rotatable bonds is 3. The summed E-state index contributed by atoms with van der Waals surface area (Å²) >= 11 is 1.42. The van der Waals surface area contributed by atoms with Gasteiger partial charge in [0.25, 0.3) is 0 Å². The topological polar surface area (TPSA) is 51.8 Å². The maximum atomic E-state index is 6.06. The van der Waals surface area contributed by atoms with E-state index in [-0.39, 0.29) is 5.54 Å². The molecule has 1 rings (SSSR count). The van der Waals surface area contributed by atoms with E-state index < -0.39 is 0 Å². The Kier molecular flexibility index (Phi) is 3.03. The van der Waals surface area contributed by atoms with Gasteiger partial charge in [0.05, 0.1) is 5.54 Å². The monoisotopic (exact) mass is 199 g/mol. The van der Waals surface area contributed by atoms with Crippen molar-refractivity contribution in [2.24, 2.45) is 5.73 Å². The van der Waals surface area contributed by atoms with E-state index >= 15 is 0 Å². The lowest BCUT2D eigenvalue weighted by Gasteiger charge is -2.18. The van der Waals surface area contributed by atoms with Gasteiger partial charge in [0.1, 0.15) is 10.8 Å². The minimum atomic E-state index is -0.315. The third kappa shape index (κ3) is 2.25. The number of nitrogens with zero attached hydrogens (tertiary/aromatic N) is 2. The summed E-state index contributed by atoms with van der Waals surface area (Å²) in [6, 6.07) is 0. The van der Waals surface area contributed by atoms with Crippen LogP contribution in [0.2, 0.25) is 0 Å². The molecule has 0 aliphatic rings. The van der Waals surface area contributed by atoms with Gasteiger partial charge in [-0.3, -0.25) is 0 Å². The molecule has 3 nitrogen and oxygen atoms in total. The summed E-state index contributed by atoms with van der Waals surface area (Å²) < 4.78 is 4.28. The highest BCUT2D eigenvalue weighted by Crippen LogP contribution is 2.24. The van der Waals surface area contributed by atoms with Crippen molar-refractivity contribution >= 4 is 11.5 Å². The highest BCUT2D eigenvalue weighted by Gasteiger charge is 2.23. The Hall–Kier alpha value is -0.480. The van der Waals surface area contributed by atoms with Crippen molar-refractivity contribution in [3.8, 4) is 0 Å². The van der Waals surface area contributed by atoms with Crippen molar-refractivity contribution in [3.05, 3.63) is 10.8 Å². The second-order valence-electron chi connectivity index (χ2n) is 3.88. The molecular formula is C9H17N3S. The molecule has 0 saturated carbocycles. The SMILES string of the molecule is CCC(C)(N)c1nc(C(C)C)ns1. The number of hydrogen-bond donors (Lipinski definition) is 1. The van der Waals surface area contributed by atoms with Crippen LogP contribution >= 0.6 is 11.5 Å². The van der Waals surface area contributed by atoms with E-state index in [4.69, 9.17) is 5.73 Å². The van der Waals surface area contributed by atoms with Crippen molar-refractivity contribution in [3.63, 3.8) is 0 Å². The fraction of sp³-hybridized carbons (Fsp3) is 0.778. The predicted molar refractivity (Wildman–Crippen MR) is 55.8 cm³/mol. The zero-order valence-electron chi connectivity index (χ0n) is 8.66. The minimum Gasteiger partial charge on any atom is -0.320 e. The summed E-state index contributed by atoms with van der Waals surface area (Å²) in [5.74, 6) is 1.29. The van der Waals surface area contributed by atoms with Gasteiger partial charge in [-0.05, 0) is 24.9 Å². The van der Waals surface area contributed by atoms with Gasteiger partial charge in [-0.2, -0.15) is 4.37 Å². The van der Waals surface area contributed by atoms with E-state index in [1.807, 2.05) is 6.92 Å². The molecule has 13 heavy (non-hydrogen) atoms. The van der Waals surface area contributed by atoms with Crippen molar-refractivity contribution in [1.82, 2.24) is 9.36 Å². The maximum Gasteiger partial charge on any atom is 0.145 e. The zero-order valence-corrected chi connectivity index (χ0v) is 9.48. The molecule has 0 amide bonds. The molecule has 0 aliphatic carbocycles. The first-order chi connectivity index (χ1) is 5.97. The van der Waals surface area contributed by atoms with E-state index in [9.17, 15) is 0 Å². The summed E-state index contributed by atoms with van der Waals surface area (Å²) in [6.07, 6.45) is 0.889. The standard InChI is InChI=1S/C9H17N3S/c1-5-9(4,10)8-11-7(6(2)3)12-13-8/h6H,5,10H2,1-4H3. The van der Waals surface area contributed by atoms with Gasteiger partial charge in [0, 0.05) is 5.92 Å². The molecule has 0 fully saturated rings. The second kappa shape index (κ2) is 3.72. The number of aromatic nitrogens is 2. The summed E-state index contributed by atoms with van der Waals surface area (Å²) in [5, 5.41) is 0.943. The smallest absolute Gasteiger partial charge is 0.145 e. The van der Waals surface area contributed by atoms with Crippen molar-refractivity contribution in [2.45, 2.75) is 45.6 Å². The third-order valence-electron chi connectivity index (χ3n) is 2.18. The first-order valence-corrected chi connectivity index (χ1v) is 5.37. The highest BCUT2D eigenvalue weighted by atomic mass is 32.1. The van der Waals surface area contributed by atoms with Crippen molar-refractivity contribution in [1.29, 1.82) is 0 Å². The molecule has 1 unspecified atom stereocenters. The fourth-order valence-corrected chi connectivity index (χ4v) is 1.77. The Balaban J connectivity index is 2.91. The van der Waals surface area contributed by atoms with Crippen LogP contribution in [0.4, 0.5) is 0 Å². The lowest BCUT2D eigenvalue weighted by atomic mass is 10.0. The molecule has 0 aromatic carbocycles. The maximum absolute atomic E-state index is 6.06. The van der Waals surface area contributed by atoms with Crippen LogP contribution in [-0.2, 0) is 5.54 Å². The molecule has 1 atom stereocenters. The quantitative estimate of drug-likeness (QED) is 0.812. The van der Waals surface area contributed by atoms with Crippen LogP contribution in [0.3, 0.4) is 0 Å². The predicted octanol–water partition coefficient (Wildman–Crippen LogP) is 2.25. The van der Waals surface area contributed by atoms with E-state index in [0.717, 1.165) is 17.3 Å². The Morgan fingerprint density at radius 2 is 2.15 bits per heavy atom. The van der Waals surface area contributed by atoms with Gasteiger partial charge in [-0.15, -0.1) is 0 Å². The first-order valence-electron chi connectivity index (χ1n) is 4.60. The summed E-state index contributed by atoms with van der Waals surface area (Å²) in [6.45, 7) is 8.24. The summed E-state index contributed by atoms with van der Waals surface area (Å²) in [4.78, 5) is 4.43. The lowest BCUT2D eigenvalue weighted by molar-refractivity contribution is 0.472. The molecule has 4 heteroatoms. The Morgan fingerprint density at radius 1 is 1.54 bits per heavy atom. The van der Waals surface area contributed by atoms with Gasteiger partial charge in [-0.25, -0.2) is 4.98 Å². The fourth-order valence-electron chi connectivity index (χ4n) is 0.853. The molecule has 74 valence electrons.